The molecule has 1 N–H and O–H groups in total. The Kier molecular flexibility index (Phi) is 5.99. The van der Waals surface area contributed by atoms with Crippen LogP contribution in [0.3, 0.4) is 0 Å². The summed E-state index contributed by atoms with van der Waals surface area (Å²) in [4.78, 5) is 33.3. The van der Waals surface area contributed by atoms with E-state index in [0.717, 1.165) is 32.6 Å². The Morgan fingerprint density at radius 3 is 2.72 bits per heavy atom. The first-order chi connectivity index (χ1) is 12.2. The molecule has 25 heavy (non-hydrogen) atoms. The van der Waals surface area contributed by atoms with Crippen molar-refractivity contribution in [1.82, 2.24) is 20.1 Å². The second kappa shape index (κ2) is 8.40. The van der Waals surface area contributed by atoms with Crippen molar-refractivity contribution in [2.24, 2.45) is 5.92 Å². The van der Waals surface area contributed by atoms with Crippen molar-refractivity contribution in [1.29, 1.82) is 0 Å². The molecule has 7 nitrogen and oxygen atoms in total. The standard InChI is InChI=1S/C18H26N4O3/c1-19-17(23)15-12-21(16-4-9-25-10-5-16)7-8-22(13-15)18(24)14-3-2-6-20-11-14/h2-3,6,11,15-16H,4-5,7-10,12-13H2,1H3,(H,19,23)/t15-/m0/s1. The van der Waals surface area contributed by atoms with Gasteiger partial charge in [0.25, 0.3) is 5.91 Å². The van der Waals surface area contributed by atoms with Gasteiger partial charge >= 0.3 is 0 Å². The van der Waals surface area contributed by atoms with Gasteiger partial charge in [-0.15, -0.1) is 0 Å². The molecule has 2 amide bonds. The highest BCUT2D eigenvalue weighted by Crippen LogP contribution is 2.20. The molecular formula is C18H26N4O3. The van der Waals surface area contributed by atoms with Crippen molar-refractivity contribution in [3.63, 3.8) is 0 Å². The van der Waals surface area contributed by atoms with Gasteiger partial charge in [-0.3, -0.25) is 19.5 Å². The van der Waals surface area contributed by atoms with E-state index >= 15 is 0 Å². The van der Waals surface area contributed by atoms with Crippen molar-refractivity contribution in [2.75, 3.05) is 46.4 Å². The fraction of sp³-hybridized carbons (Fsp3) is 0.611. The van der Waals surface area contributed by atoms with E-state index in [4.69, 9.17) is 4.74 Å². The van der Waals surface area contributed by atoms with Crippen LogP contribution in [0.5, 0.6) is 0 Å². The first-order valence-corrected chi connectivity index (χ1v) is 8.91. The fourth-order valence-corrected chi connectivity index (χ4v) is 3.65. The SMILES string of the molecule is CNC(=O)[C@@H]1CN(C(=O)c2cccnc2)CCN(C2CCOCC2)C1. The quantitative estimate of drug-likeness (QED) is 0.856. The molecule has 1 aromatic heterocycles. The maximum absolute atomic E-state index is 12.8. The summed E-state index contributed by atoms with van der Waals surface area (Å²) >= 11 is 0. The lowest BCUT2D eigenvalue weighted by Crippen LogP contribution is -2.45. The first kappa shape index (κ1) is 17.8. The topological polar surface area (TPSA) is 74.8 Å². The third-order valence-corrected chi connectivity index (χ3v) is 5.07. The van der Waals surface area contributed by atoms with Gasteiger partial charge in [0.05, 0.1) is 11.5 Å². The molecule has 0 radical (unpaired) electrons. The number of carbonyl (C=O) groups excluding carboxylic acids is 2. The molecular weight excluding hydrogens is 320 g/mol. The molecule has 1 atom stereocenters. The fourth-order valence-electron chi connectivity index (χ4n) is 3.65. The Bertz CT molecular complexity index is 589. The molecule has 2 aliphatic rings. The van der Waals surface area contributed by atoms with E-state index in [-0.39, 0.29) is 17.7 Å². The Morgan fingerprint density at radius 1 is 1.24 bits per heavy atom. The molecule has 2 aliphatic heterocycles. The third-order valence-electron chi connectivity index (χ3n) is 5.07. The Balaban J connectivity index is 1.75. The zero-order valence-electron chi connectivity index (χ0n) is 14.7. The third kappa shape index (κ3) is 4.35. The van der Waals surface area contributed by atoms with Crippen LogP contribution in [0.2, 0.25) is 0 Å². The Morgan fingerprint density at radius 2 is 2.04 bits per heavy atom. The monoisotopic (exact) mass is 346 g/mol. The van der Waals surface area contributed by atoms with Crippen LogP contribution in [0.25, 0.3) is 0 Å². The van der Waals surface area contributed by atoms with Crippen LogP contribution in [-0.2, 0) is 9.53 Å². The Labute approximate surface area is 148 Å². The number of hydrogen-bond donors (Lipinski definition) is 1. The van der Waals surface area contributed by atoms with E-state index in [1.54, 1.807) is 36.5 Å². The van der Waals surface area contributed by atoms with E-state index in [0.29, 0.717) is 31.2 Å². The van der Waals surface area contributed by atoms with Crippen molar-refractivity contribution < 1.29 is 14.3 Å². The lowest BCUT2D eigenvalue weighted by Gasteiger charge is -2.34. The van der Waals surface area contributed by atoms with E-state index in [9.17, 15) is 9.59 Å². The molecule has 3 heterocycles. The van der Waals surface area contributed by atoms with Gasteiger partial charge < -0.3 is 15.0 Å². The van der Waals surface area contributed by atoms with Gasteiger partial charge in [0.15, 0.2) is 0 Å². The molecule has 0 unspecified atom stereocenters. The van der Waals surface area contributed by atoms with Gasteiger partial charge in [0.2, 0.25) is 5.91 Å². The predicted molar refractivity (Wildman–Crippen MR) is 93.1 cm³/mol. The van der Waals surface area contributed by atoms with Crippen molar-refractivity contribution >= 4 is 11.8 Å². The van der Waals surface area contributed by atoms with Gasteiger partial charge in [0, 0.05) is 64.9 Å². The number of pyridine rings is 1. The van der Waals surface area contributed by atoms with Crippen molar-refractivity contribution in [3.8, 4) is 0 Å². The summed E-state index contributed by atoms with van der Waals surface area (Å²) in [7, 11) is 1.65. The van der Waals surface area contributed by atoms with E-state index in [1.807, 2.05) is 0 Å². The minimum Gasteiger partial charge on any atom is -0.381 e. The maximum atomic E-state index is 12.8. The van der Waals surface area contributed by atoms with Gasteiger partial charge in [-0.2, -0.15) is 0 Å². The molecule has 136 valence electrons. The minimum atomic E-state index is -0.226. The van der Waals surface area contributed by atoms with Crippen LogP contribution in [-0.4, -0.2) is 79.1 Å². The molecule has 0 saturated carbocycles. The molecule has 7 heteroatoms. The van der Waals surface area contributed by atoms with Gasteiger partial charge in [-0.25, -0.2) is 0 Å². The predicted octanol–water partition coefficient (Wildman–Crippen LogP) is 0.381. The van der Waals surface area contributed by atoms with Crippen molar-refractivity contribution in [2.45, 2.75) is 18.9 Å². The van der Waals surface area contributed by atoms with Crippen molar-refractivity contribution in [3.05, 3.63) is 30.1 Å². The van der Waals surface area contributed by atoms with Gasteiger partial charge in [0.1, 0.15) is 0 Å². The summed E-state index contributed by atoms with van der Waals surface area (Å²) in [6.07, 6.45) is 5.20. The smallest absolute Gasteiger partial charge is 0.255 e. The van der Waals surface area contributed by atoms with Crippen LogP contribution in [0.4, 0.5) is 0 Å². The average Bonchev–Trinajstić information content (AvgIpc) is 2.91. The second-order valence-electron chi connectivity index (χ2n) is 6.64. The minimum absolute atomic E-state index is 0.0112. The van der Waals surface area contributed by atoms with E-state index in [1.165, 1.54) is 0 Å². The number of rotatable bonds is 3. The number of carbonyl (C=O) groups is 2. The number of hydrogen-bond acceptors (Lipinski definition) is 5. The number of ether oxygens (including phenoxy) is 1. The summed E-state index contributed by atoms with van der Waals surface area (Å²) in [6, 6.07) is 3.95. The van der Waals surface area contributed by atoms with Gasteiger partial charge in [-0.1, -0.05) is 0 Å². The average molecular weight is 346 g/mol. The lowest BCUT2D eigenvalue weighted by molar-refractivity contribution is -0.125. The summed E-state index contributed by atoms with van der Waals surface area (Å²) < 4.78 is 5.46. The summed E-state index contributed by atoms with van der Waals surface area (Å²) in [6.45, 7) is 4.06. The maximum Gasteiger partial charge on any atom is 0.255 e. The molecule has 0 spiro atoms. The van der Waals surface area contributed by atoms with Crippen LogP contribution >= 0.6 is 0 Å². The zero-order valence-corrected chi connectivity index (χ0v) is 14.7. The lowest BCUT2D eigenvalue weighted by atomic mass is 10.0. The highest BCUT2D eigenvalue weighted by molar-refractivity contribution is 5.94. The highest BCUT2D eigenvalue weighted by atomic mass is 16.5. The van der Waals surface area contributed by atoms with Crippen LogP contribution < -0.4 is 5.32 Å². The molecule has 2 fully saturated rings. The van der Waals surface area contributed by atoms with Crippen LogP contribution in [0.15, 0.2) is 24.5 Å². The largest absolute Gasteiger partial charge is 0.381 e. The Hall–Kier alpha value is -1.99. The molecule has 2 saturated heterocycles. The normalized spacial score (nSPS) is 23.1. The summed E-state index contributed by atoms with van der Waals surface area (Å²) in [5, 5.41) is 2.74. The number of aromatic nitrogens is 1. The molecule has 0 aromatic carbocycles. The number of nitrogens with one attached hydrogen (secondary N) is 1. The summed E-state index contributed by atoms with van der Waals surface area (Å²) in [5.74, 6) is -0.297. The second-order valence-corrected chi connectivity index (χ2v) is 6.64. The van der Waals surface area contributed by atoms with Crippen LogP contribution in [0, 0.1) is 5.92 Å². The van der Waals surface area contributed by atoms with Crippen LogP contribution in [0.1, 0.15) is 23.2 Å². The molecule has 0 aliphatic carbocycles. The molecule has 0 bridgehead atoms. The molecule has 1 aromatic rings. The summed E-state index contributed by atoms with van der Waals surface area (Å²) in [5.41, 5.74) is 0.567. The first-order valence-electron chi connectivity index (χ1n) is 8.91. The highest BCUT2D eigenvalue weighted by Gasteiger charge is 2.33. The van der Waals surface area contributed by atoms with E-state index in [2.05, 4.69) is 15.2 Å². The number of nitrogens with zero attached hydrogens (tertiary/aromatic N) is 3. The molecule has 3 rings (SSSR count). The van der Waals surface area contributed by atoms with Gasteiger partial charge in [-0.05, 0) is 25.0 Å². The van der Waals surface area contributed by atoms with E-state index < -0.39 is 0 Å². The number of amides is 2. The zero-order chi connectivity index (χ0) is 17.6.